The molecule has 0 radical (unpaired) electrons. The number of nitrogens with one attached hydrogen (secondary N) is 2. The normalized spacial score (nSPS) is 13.1. The van der Waals surface area contributed by atoms with E-state index in [9.17, 15) is 78.9 Å². The molecule has 0 saturated carbocycles. The monoisotopic (exact) mass is 916 g/mol. The predicted octanol–water partition coefficient (Wildman–Crippen LogP) is 3.66. The summed E-state index contributed by atoms with van der Waals surface area (Å²) in [5, 5.41) is 19.5. The van der Waals surface area contributed by atoms with Crippen LogP contribution >= 0.6 is 0 Å². The van der Waals surface area contributed by atoms with Gasteiger partial charge in [-0.25, -0.2) is 16.8 Å². The lowest BCUT2D eigenvalue weighted by molar-refractivity contribution is 0.470. The summed E-state index contributed by atoms with van der Waals surface area (Å²) in [4.78, 5) is -4.37. The minimum absolute atomic E-state index is 0.330. The third-order valence-corrected chi connectivity index (χ3v) is 14.4. The summed E-state index contributed by atoms with van der Waals surface area (Å²) in [6.07, 6.45) is 0. The summed E-state index contributed by atoms with van der Waals surface area (Å²) >= 11 is 0. The number of hydrogen-bond donors (Lipinski definition) is 8. The first-order valence-corrected chi connectivity index (χ1v) is 24.0. The van der Waals surface area contributed by atoms with Gasteiger partial charge in [0.25, 0.3) is 60.5 Å². The van der Waals surface area contributed by atoms with E-state index in [1.807, 2.05) is 0 Å². The third kappa shape index (κ3) is 8.55. The number of anilines is 2. The van der Waals surface area contributed by atoms with Crippen molar-refractivity contribution < 1.29 is 78.9 Å². The molecule has 0 bridgehead atoms. The fourth-order valence-corrected chi connectivity index (χ4v) is 9.98. The molecule has 6 rings (SSSR count). The Morgan fingerprint density at radius 2 is 0.603 bits per heavy atom. The second-order valence-corrected chi connectivity index (χ2v) is 21.2. The fourth-order valence-electron chi connectivity index (χ4n) is 5.69. The molecule has 6 aromatic rings. The van der Waals surface area contributed by atoms with Crippen molar-refractivity contribution in [2.45, 2.75) is 29.4 Å². The zero-order chi connectivity index (χ0) is 43.0. The Morgan fingerprint density at radius 1 is 0.345 bits per heavy atom. The highest BCUT2D eigenvalue weighted by Gasteiger charge is 2.25. The molecular formula is C32H24N2O18S6. The average molecular weight is 917 g/mol. The molecule has 306 valence electrons. The van der Waals surface area contributed by atoms with Crippen LogP contribution in [0.4, 0.5) is 11.4 Å². The predicted molar refractivity (Wildman–Crippen MR) is 204 cm³/mol. The van der Waals surface area contributed by atoms with Crippen LogP contribution < -0.4 is 9.44 Å². The standard InChI is InChI=1S/C32H24N2O18S6/c35-29-15-25(57(47,48)49)11-19-9-23(55(41,42)43)13-27(31(19)29)33-53(37,38)21-5-1-17(2-6-21)18-3-7-22(8-4-18)54(39,40)34-28-14-24(56(44,45)46)10-20-12-26(58(50,51)52)16-30(36)32(20)28/h1-16,33-36H,(H,41,42,43)(H,44,45,46)(H,47,48,49)(H,50,51,52). The van der Waals surface area contributed by atoms with E-state index in [1.54, 1.807) is 0 Å². The van der Waals surface area contributed by atoms with Crippen molar-refractivity contribution in [2.24, 2.45) is 0 Å². The van der Waals surface area contributed by atoms with E-state index in [2.05, 4.69) is 9.44 Å². The zero-order valence-corrected chi connectivity index (χ0v) is 33.2. The highest BCUT2D eigenvalue weighted by atomic mass is 32.2. The molecule has 0 aromatic heterocycles. The Kier molecular flexibility index (Phi) is 10.3. The van der Waals surface area contributed by atoms with Crippen LogP contribution in [0.2, 0.25) is 0 Å². The van der Waals surface area contributed by atoms with E-state index in [1.165, 1.54) is 24.3 Å². The van der Waals surface area contributed by atoms with Gasteiger partial charge in [0.05, 0.1) is 40.7 Å². The van der Waals surface area contributed by atoms with Crippen molar-refractivity contribution in [2.75, 3.05) is 9.44 Å². The Balaban J connectivity index is 1.30. The molecule has 0 amide bonds. The van der Waals surface area contributed by atoms with Crippen LogP contribution in [-0.2, 0) is 60.5 Å². The number of aromatic hydroxyl groups is 2. The van der Waals surface area contributed by atoms with Crippen molar-refractivity contribution >= 4 is 93.4 Å². The average Bonchev–Trinajstić information content (AvgIpc) is 3.09. The lowest BCUT2D eigenvalue weighted by atomic mass is 10.1. The van der Waals surface area contributed by atoms with Crippen LogP contribution in [0.1, 0.15) is 0 Å². The highest BCUT2D eigenvalue weighted by Crippen LogP contribution is 2.39. The van der Waals surface area contributed by atoms with Crippen molar-refractivity contribution in [3.05, 3.63) is 97.1 Å². The van der Waals surface area contributed by atoms with Crippen LogP contribution in [0.25, 0.3) is 32.7 Å². The first-order valence-electron chi connectivity index (χ1n) is 15.3. The first-order chi connectivity index (χ1) is 26.5. The first kappa shape index (κ1) is 42.2. The Labute approximate surface area is 329 Å². The van der Waals surface area contributed by atoms with Gasteiger partial charge in [0, 0.05) is 22.9 Å². The van der Waals surface area contributed by atoms with Gasteiger partial charge >= 0.3 is 0 Å². The van der Waals surface area contributed by atoms with Gasteiger partial charge < -0.3 is 10.2 Å². The maximum Gasteiger partial charge on any atom is 0.294 e. The molecule has 6 aromatic carbocycles. The smallest absolute Gasteiger partial charge is 0.294 e. The van der Waals surface area contributed by atoms with Crippen LogP contribution in [0.5, 0.6) is 11.5 Å². The van der Waals surface area contributed by atoms with Gasteiger partial charge in [0.15, 0.2) is 0 Å². The maximum absolute atomic E-state index is 13.4. The Bertz CT molecular complexity index is 3170. The van der Waals surface area contributed by atoms with Crippen molar-refractivity contribution in [3.8, 4) is 22.6 Å². The number of sulfonamides is 2. The number of rotatable bonds is 11. The van der Waals surface area contributed by atoms with Gasteiger partial charge in [-0.15, -0.1) is 0 Å². The van der Waals surface area contributed by atoms with E-state index in [4.69, 9.17) is 0 Å². The summed E-state index contributed by atoms with van der Waals surface area (Å²) in [7, 11) is -29.1. The molecule has 0 aliphatic carbocycles. The Morgan fingerprint density at radius 3 is 0.862 bits per heavy atom. The molecular weight excluding hydrogens is 893 g/mol. The zero-order valence-electron chi connectivity index (χ0n) is 28.3. The Hall–Kier alpha value is -5.42. The van der Waals surface area contributed by atoms with Crippen molar-refractivity contribution in [1.29, 1.82) is 0 Å². The molecule has 0 heterocycles. The quantitative estimate of drug-likeness (QED) is 0.0860. The number of benzene rings is 6. The summed E-state index contributed by atoms with van der Waals surface area (Å²) in [6.45, 7) is 0. The van der Waals surface area contributed by atoms with Gasteiger partial charge in [0.2, 0.25) is 0 Å². The van der Waals surface area contributed by atoms with Crippen molar-refractivity contribution in [1.82, 2.24) is 0 Å². The molecule has 26 heteroatoms. The lowest BCUT2D eigenvalue weighted by Crippen LogP contribution is -2.14. The minimum atomic E-state index is -5.02. The molecule has 0 aliphatic rings. The van der Waals surface area contributed by atoms with Crippen molar-refractivity contribution in [3.63, 3.8) is 0 Å². The molecule has 0 saturated heterocycles. The summed E-state index contributed by atoms with van der Waals surface area (Å²) in [5.74, 6) is -1.76. The van der Waals surface area contributed by atoms with Gasteiger partial charge in [-0.05, 0) is 82.6 Å². The van der Waals surface area contributed by atoms with Crippen LogP contribution in [0, 0.1) is 0 Å². The molecule has 0 unspecified atom stereocenters. The largest absolute Gasteiger partial charge is 0.507 e. The van der Waals surface area contributed by atoms with E-state index < -0.39 is 134 Å². The van der Waals surface area contributed by atoms with E-state index in [-0.39, 0.29) is 0 Å². The minimum Gasteiger partial charge on any atom is -0.507 e. The maximum atomic E-state index is 13.4. The topological polar surface area (TPSA) is 350 Å². The second kappa shape index (κ2) is 14.1. The summed E-state index contributed by atoms with van der Waals surface area (Å²) in [6, 6.07) is 15.0. The molecule has 8 N–H and O–H groups in total. The van der Waals surface area contributed by atoms with Gasteiger partial charge in [0.1, 0.15) is 11.5 Å². The molecule has 20 nitrogen and oxygen atoms in total. The van der Waals surface area contributed by atoms with E-state index >= 15 is 0 Å². The number of phenolic OH excluding ortho intramolecular Hbond substituents is 2. The van der Waals surface area contributed by atoms with Gasteiger partial charge in [-0.2, -0.15) is 33.7 Å². The molecule has 58 heavy (non-hydrogen) atoms. The molecule has 0 aliphatic heterocycles. The van der Waals surface area contributed by atoms with Crippen LogP contribution in [-0.4, -0.2) is 78.9 Å². The number of phenols is 2. The molecule has 0 fully saturated rings. The number of fused-ring (bicyclic) bond motifs is 2. The SMILES string of the molecule is O=S(=O)(O)c1cc(O)c2c(NS(=O)(=O)c3ccc(-c4ccc(S(=O)(=O)Nc5cc(S(=O)(=O)O)cc6cc(S(=O)(=O)O)cc(O)c56)cc4)cc3)cc(S(=O)(=O)O)cc2c1. The lowest BCUT2D eigenvalue weighted by Gasteiger charge is -2.15. The molecule has 0 spiro atoms. The van der Waals surface area contributed by atoms with Crippen LogP contribution in [0.3, 0.4) is 0 Å². The summed E-state index contributed by atoms with van der Waals surface area (Å²) in [5.41, 5.74) is -0.544. The fraction of sp³-hybridized carbons (Fsp3) is 0. The number of hydrogen-bond acceptors (Lipinski definition) is 14. The van der Waals surface area contributed by atoms with E-state index in [0.717, 1.165) is 48.5 Å². The van der Waals surface area contributed by atoms with Gasteiger partial charge in [-0.3, -0.25) is 27.7 Å². The highest BCUT2D eigenvalue weighted by molar-refractivity contribution is 7.93. The van der Waals surface area contributed by atoms with Crippen LogP contribution in [0.15, 0.2) is 126 Å². The van der Waals surface area contributed by atoms with Gasteiger partial charge in [-0.1, -0.05) is 24.3 Å². The third-order valence-electron chi connectivity index (χ3n) is 8.29. The van der Waals surface area contributed by atoms with E-state index in [0.29, 0.717) is 35.4 Å². The molecule has 0 atom stereocenters. The summed E-state index contributed by atoms with van der Waals surface area (Å²) < 4.78 is 190. The second-order valence-electron chi connectivity index (χ2n) is 12.2.